The number of halogens is 2. The fraction of sp³-hybridized carbons (Fsp3) is 0.333. The number of nitrogens with one attached hydrogen (secondary N) is 1. The van der Waals surface area contributed by atoms with Crippen molar-refractivity contribution in [2.45, 2.75) is 57.5 Å². The first kappa shape index (κ1) is 31.5. The van der Waals surface area contributed by atoms with Crippen LogP contribution in [0.15, 0.2) is 77.7 Å². The van der Waals surface area contributed by atoms with Gasteiger partial charge in [-0.15, -0.1) is 0 Å². The summed E-state index contributed by atoms with van der Waals surface area (Å²) in [6.45, 7) is 5.68. The summed E-state index contributed by atoms with van der Waals surface area (Å²) in [7, 11) is -4.16. The van der Waals surface area contributed by atoms with Crippen LogP contribution in [-0.4, -0.2) is 44.3 Å². The molecule has 0 fully saturated rings. The molecule has 0 radical (unpaired) electrons. The Hall–Kier alpha value is -3.07. The van der Waals surface area contributed by atoms with Crippen molar-refractivity contribution in [3.05, 3.63) is 94.0 Å². The summed E-state index contributed by atoms with van der Waals surface area (Å²) in [6.07, 6.45) is 2.07. The minimum absolute atomic E-state index is 0.0378. The van der Waals surface area contributed by atoms with Crippen molar-refractivity contribution in [1.82, 2.24) is 10.2 Å². The second-order valence-corrected chi connectivity index (χ2v) is 12.2. The molecular weight excluding hydrogens is 569 g/mol. The van der Waals surface area contributed by atoms with E-state index in [-0.39, 0.29) is 23.0 Å². The number of rotatable bonds is 13. The van der Waals surface area contributed by atoms with Gasteiger partial charge in [0.25, 0.3) is 10.0 Å². The minimum Gasteiger partial charge on any atom is -0.354 e. The molecule has 0 bridgehead atoms. The third-order valence-corrected chi connectivity index (χ3v) is 8.79. The molecule has 0 aliphatic carbocycles. The molecule has 1 unspecified atom stereocenters. The van der Waals surface area contributed by atoms with Crippen molar-refractivity contribution in [1.29, 1.82) is 0 Å². The molecule has 0 heterocycles. The monoisotopic (exact) mass is 603 g/mol. The first-order chi connectivity index (χ1) is 19.1. The third kappa shape index (κ3) is 7.99. The maximum Gasteiger partial charge on any atom is 0.264 e. The Labute approximate surface area is 247 Å². The summed E-state index contributed by atoms with van der Waals surface area (Å²) in [5.41, 5.74) is 1.68. The number of amides is 2. The highest BCUT2D eigenvalue weighted by molar-refractivity contribution is 7.92. The van der Waals surface area contributed by atoms with Crippen LogP contribution in [0.4, 0.5) is 5.69 Å². The summed E-state index contributed by atoms with van der Waals surface area (Å²) >= 11 is 12.3. The number of benzene rings is 3. The molecule has 0 spiro atoms. The lowest BCUT2D eigenvalue weighted by Crippen LogP contribution is -2.52. The highest BCUT2D eigenvalue weighted by Crippen LogP contribution is 2.30. The molecule has 1 atom stereocenters. The van der Waals surface area contributed by atoms with Crippen LogP contribution in [0.1, 0.15) is 44.2 Å². The number of hydrogen-bond acceptors (Lipinski definition) is 4. The molecule has 1 N–H and O–H groups in total. The molecule has 0 aliphatic heterocycles. The SMILES string of the molecule is CCCCNC(=O)C(CC)N(Cc1ccc(Cl)cc1)C(=O)CN(c1cc(Cl)ccc1C)S(=O)(=O)c1ccccc1. The predicted molar refractivity (Wildman–Crippen MR) is 161 cm³/mol. The molecule has 0 saturated carbocycles. The molecule has 10 heteroatoms. The van der Waals surface area contributed by atoms with Crippen LogP contribution in [0.3, 0.4) is 0 Å². The highest BCUT2D eigenvalue weighted by atomic mass is 35.5. The van der Waals surface area contributed by atoms with Crippen LogP contribution in [-0.2, 0) is 26.2 Å². The van der Waals surface area contributed by atoms with E-state index in [1.165, 1.54) is 23.1 Å². The molecule has 3 rings (SSSR count). The number of anilines is 1. The van der Waals surface area contributed by atoms with Gasteiger partial charge in [-0.2, -0.15) is 0 Å². The fourth-order valence-electron chi connectivity index (χ4n) is 4.30. The number of nitrogens with zero attached hydrogens (tertiary/aromatic N) is 2. The van der Waals surface area contributed by atoms with Gasteiger partial charge < -0.3 is 10.2 Å². The number of carbonyl (C=O) groups excluding carboxylic acids is 2. The van der Waals surface area contributed by atoms with Crippen LogP contribution in [0.2, 0.25) is 10.0 Å². The Morgan fingerprint density at radius 3 is 2.20 bits per heavy atom. The van der Waals surface area contributed by atoms with Crippen molar-refractivity contribution >= 4 is 50.7 Å². The molecule has 214 valence electrons. The van der Waals surface area contributed by atoms with E-state index in [9.17, 15) is 18.0 Å². The topological polar surface area (TPSA) is 86.8 Å². The zero-order valence-electron chi connectivity index (χ0n) is 22.9. The maximum atomic E-state index is 14.1. The predicted octanol–water partition coefficient (Wildman–Crippen LogP) is 6.22. The van der Waals surface area contributed by atoms with E-state index in [2.05, 4.69) is 5.32 Å². The van der Waals surface area contributed by atoms with Gasteiger partial charge in [-0.05, 0) is 67.3 Å². The van der Waals surface area contributed by atoms with Crippen molar-refractivity contribution in [3.63, 3.8) is 0 Å². The zero-order chi connectivity index (χ0) is 29.3. The number of sulfonamides is 1. The summed E-state index contributed by atoms with van der Waals surface area (Å²) in [5.74, 6) is -0.805. The Bertz CT molecular complexity index is 1400. The summed E-state index contributed by atoms with van der Waals surface area (Å²) in [6, 6.07) is 19.0. The highest BCUT2D eigenvalue weighted by Gasteiger charge is 2.34. The molecule has 2 amide bonds. The Morgan fingerprint density at radius 2 is 1.57 bits per heavy atom. The molecule has 3 aromatic carbocycles. The smallest absolute Gasteiger partial charge is 0.264 e. The van der Waals surface area contributed by atoms with E-state index in [4.69, 9.17) is 23.2 Å². The molecular formula is C30H35Cl2N3O4S. The van der Waals surface area contributed by atoms with E-state index < -0.39 is 28.5 Å². The van der Waals surface area contributed by atoms with Crippen molar-refractivity contribution in [3.8, 4) is 0 Å². The van der Waals surface area contributed by atoms with E-state index in [0.29, 0.717) is 28.6 Å². The first-order valence-electron chi connectivity index (χ1n) is 13.2. The average molecular weight is 605 g/mol. The van der Waals surface area contributed by atoms with Crippen LogP contribution in [0.5, 0.6) is 0 Å². The van der Waals surface area contributed by atoms with Crippen molar-refractivity contribution in [2.24, 2.45) is 0 Å². The summed E-state index contributed by atoms with van der Waals surface area (Å²) < 4.78 is 28.9. The number of aryl methyl sites for hydroxylation is 1. The van der Waals surface area contributed by atoms with Crippen LogP contribution in [0, 0.1) is 6.92 Å². The van der Waals surface area contributed by atoms with E-state index in [1.807, 2.05) is 13.8 Å². The minimum atomic E-state index is -4.16. The van der Waals surface area contributed by atoms with Crippen LogP contribution < -0.4 is 9.62 Å². The largest absolute Gasteiger partial charge is 0.354 e. The Kier molecular flexibility index (Phi) is 11.4. The van der Waals surface area contributed by atoms with Gasteiger partial charge in [-0.3, -0.25) is 13.9 Å². The van der Waals surface area contributed by atoms with Crippen LogP contribution >= 0.6 is 23.2 Å². The van der Waals surface area contributed by atoms with Gasteiger partial charge in [-0.1, -0.05) is 79.9 Å². The number of carbonyl (C=O) groups is 2. The van der Waals surface area contributed by atoms with Crippen molar-refractivity contribution < 1.29 is 18.0 Å². The number of unbranched alkanes of at least 4 members (excludes halogenated alkanes) is 1. The van der Waals surface area contributed by atoms with Crippen molar-refractivity contribution in [2.75, 3.05) is 17.4 Å². The summed E-state index contributed by atoms with van der Waals surface area (Å²) in [4.78, 5) is 28.8. The van der Waals surface area contributed by atoms with Gasteiger partial charge in [0.1, 0.15) is 12.6 Å². The third-order valence-electron chi connectivity index (χ3n) is 6.53. The molecule has 40 heavy (non-hydrogen) atoms. The lowest BCUT2D eigenvalue weighted by Gasteiger charge is -2.33. The van der Waals surface area contributed by atoms with Gasteiger partial charge in [0, 0.05) is 23.1 Å². The standard InChI is InChI=1S/C30H35Cl2N3O4S/c1-4-6-18-33-30(37)27(5-2)34(20-23-13-16-24(31)17-14-23)29(36)21-35(28-19-25(32)15-12-22(28)3)40(38,39)26-10-8-7-9-11-26/h7-17,19,27H,4-6,18,20-21H2,1-3H3,(H,33,37). The second-order valence-electron chi connectivity index (χ2n) is 9.47. The zero-order valence-corrected chi connectivity index (χ0v) is 25.3. The summed E-state index contributed by atoms with van der Waals surface area (Å²) in [5, 5.41) is 3.80. The van der Waals surface area contributed by atoms with Gasteiger partial charge in [0.2, 0.25) is 11.8 Å². The molecule has 0 aliphatic rings. The van der Waals surface area contributed by atoms with Crippen LogP contribution in [0.25, 0.3) is 0 Å². The lowest BCUT2D eigenvalue weighted by atomic mass is 10.1. The molecule has 3 aromatic rings. The van der Waals surface area contributed by atoms with Gasteiger partial charge in [0.15, 0.2) is 0 Å². The van der Waals surface area contributed by atoms with E-state index in [1.54, 1.807) is 61.5 Å². The fourth-order valence-corrected chi connectivity index (χ4v) is 6.08. The first-order valence-corrected chi connectivity index (χ1v) is 15.4. The Morgan fingerprint density at radius 1 is 0.925 bits per heavy atom. The molecule has 7 nitrogen and oxygen atoms in total. The van der Waals surface area contributed by atoms with Gasteiger partial charge in [-0.25, -0.2) is 8.42 Å². The quantitative estimate of drug-likeness (QED) is 0.235. The van der Waals surface area contributed by atoms with Gasteiger partial charge >= 0.3 is 0 Å². The van der Waals surface area contributed by atoms with Gasteiger partial charge in [0.05, 0.1) is 10.6 Å². The average Bonchev–Trinajstić information content (AvgIpc) is 2.94. The normalized spacial score (nSPS) is 12.0. The lowest BCUT2D eigenvalue weighted by molar-refractivity contribution is -0.140. The van der Waals surface area contributed by atoms with E-state index in [0.717, 1.165) is 22.7 Å². The molecule has 0 aromatic heterocycles. The Balaban J connectivity index is 2.06. The number of hydrogen-bond donors (Lipinski definition) is 1. The van der Waals surface area contributed by atoms with E-state index >= 15 is 0 Å². The second kappa shape index (κ2) is 14.5. The molecule has 0 saturated heterocycles. The maximum absolute atomic E-state index is 14.1.